The molecule has 0 aromatic heterocycles. The molecule has 0 bridgehead atoms. The van der Waals surface area contributed by atoms with Crippen molar-refractivity contribution in [1.82, 2.24) is 0 Å². The van der Waals surface area contributed by atoms with Gasteiger partial charge in [0.25, 0.3) is 0 Å². The van der Waals surface area contributed by atoms with Gasteiger partial charge in [0.05, 0.1) is 5.56 Å². The van der Waals surface area contributed by atoms with Crippen molar-refractivity contribution >= 4 is 0 Å². The zero-order valence-corrected chi connectivity index (χ0v) is 10.9. The normalized spacial score (nSPS) is 17.1. The van der Waals surface area contributed by atoms with Crippen LogP contribution in [0.25, 0.3) is 0 Å². The van der Waals surface area contributed by atoms with E-state index < -0.39 is 11.6 Å². The first kappa shape index (κ1) is 13.1. The molecule has 20 heavy (non-hydrogen) atoms. The Balaban J connectivity index is 1.76. The number of fused-ring (bicyclic) bond motifs is 1. The molecule has 0 fully saturated rings. The van der Waals surface area contributed by atoms with Crippen LogP contribution in [0.3, 0.4) is 0 Å². The molecular weight excluding hydrogens is 260 g/mol. The van der Waals surface area contributed by atoms with E-state index >= 15 is 0 Å². The van der Waals surface area contributed by atoms with Gasteiger partial charge in [-0.1, -0.05) is 12.1 Å². The van der Waals surface area contributed by atoms with Crippen molar-refractivity contribution in [2.24, 2.45) is 5.73 Å². The first-order valence-electron chi connectivity index (χ1n) is 6.59. The fraction of sp³-hybridized carbons (Fsp3) is 0.250. The number of nitrogens with two attached hydrogens (primary N) is 1. The monoisotopic (exact) mass is 275 g/mol. The summed E-state index contributed by atoms with van der Waals surface area (Å²) in [6.45, 7) is -0.122. The topological polar surface area (TPSA) is 35.2 Å². The zero-order chi connectivity index (χ0) is 14.1. The van der Waals surface area contributed by atoms with E-state index in [0.717, 1.165) is 24.0 Å². The number of hydrogen-bond donors (Lipinski definition) is 1. The largest absolute Gasteiger partial charge is 0.489 e. The van der Waals surface area contributed by atoms with Crippen LogP contribution in [0.4, 0.5) is 8.78 Å². The van der Waals surface area contributed by atoms with E-state index in [4.69, 9.17) is 10.5 Å². The summed E-state index contributed by atoms with van der Waals surface area (Å²) in [6, 6.07) is 9.50. The second-order valence-electron chi connectivity index (χ2n) is 4.99. The average molecular weight is 275 g/mol. The Morgan fingerprint density at radius 2 is 1.90 bits per heavy atom. The van der Waals surface area contributed by atoms with Crippen molar-refractivity contribution in [2.45, 2.75) is 25.5 Å². The highest BCUT2D eigenvalue weighted by molar-refractivity contribution is 5.40. The Morgan fingerprint density at radius 1 is 1.15 bits per heavy atom. The summed E-state index contributed by atoms with van der Waals surface area (Å²) in [4.78, 5) is 0. The maximum atomic E-state index is 13.5. The molecule has 2 nitrogen and oxygen atoms in total. The summed E-state index contributed by atoms with van der Waals surface area (Å²) in [5.41, 5.74) is 8.20. The van der Waals surface area contributed by atoms with Gasteiger partial charge in [-0.15, -0.1) is 0 Å². The molecule has 0 saturated carbocycles. The fourth-order valence-electron chi connectivity index (χ4n) is 2.54. The molecule has 0 radical (unpaired) electrons. The van der Waals surface area contributed by atoms with Crippen LogP contribution in [-0.4, -0.2) is 0 Å². The molecule has 104 valence electrons. The number of hydrogen-bond acceptors (Lipinski definition) is 2. The maximum Gasteiger partial charge on any atom is 0.132 e. The lowest BCUT2D eigenvalue weighted by Gasteiger charge is -2.10. The van der Waals surface area contributed by atoms with Crippen molar-refractivity contribution < 1.29 is 13.5 Å². The van der Waals surface area contributed by atoms with Gasteiger partial charge in [-0.25, -0.2) is 8.78 Å². The lowest BCUT2D eigenvalue weighted by Crippen LogP contribution is -2.05. The summed E-state index contributed by atoms with van der Waals surface area (Å²) in [5.74, 6) is -0.568. The van der Waals surface area contributed by atoms with Crippen LogP contribution in [0, 0.1) is 11.6 Å². The minimum atomic E-state index is -0.590. The minimum absolute atomic E-state index is 0.0512. The van der Waals surface area contributed by atoms with E-state index in [2.05, 4.69) is 0 Å². The zero-order valence-electron chi connectivity index (χ0n) is 10.9. The summed E-state index contributed by atoms with van der Waals surface area (Å²) < 4.78 is 32.5. The van der Waals surface area contributed by atoms with Crippen molar-refractivity contribution in [3.8, 4) is 5.75 Å². The quantitative estimate of drug-likeness (QED) is 0.930. The Hall–Kier alpha value is -1.94. The Kier molecular flexibility index (Phi) is 3.40. The van der Waals surface area contributed by atoms with E-state index in [1.807, 2.05) is 12.1 Å². The molecule has 1 unspecified atom stereocenters. The summed E-state index contributed by atoms with van der Waals surface area (Å²) in [5, 5.41) is 0. The summed E-state index contributed by atoms with van der Waals surface area (Å²) in [7, 11) is 0. The molecule has 0 heterocycles. The van der Waals surface area contributed by atoms with Crippen LogP contribution in [0.2, 0.25) is 0 Å². The van der Waals surface area contributed by atoms with Gasteiger partial charge >= 0.3 is 0 Å². The third-order valence-corrected chi connectivity index (χ3v) is 3.68. The molecule has 4 heteroatoms. The average Bonchev–Trinajstić information content (AvgIpc) is 2.79. The number of aryl methyl sites for hydroxylation is 1. The highest BCUT2D eigenvalue weighted by Crippen LogP contribution is 2.32. The fourth-order valence-corrected chi connectivity index (χ4v) is 2.54. The Labute approximate surface area is 116 Å². The lowest BCUT2D eigenvalue weighted by atomic mass is 10.1. The lowest BCUT2D eigenvalue weighted by molar-refractivity contribution is 0.292. The Morgan fingerprint density at radius 3 is 2.65 bits per heavy atom. The van der Waals surface area contributed by atoms with Crippen molar-refractivity contribution in [2.75, 3.05) is 0 Å². The first-order valence-corrected chi connectivity index (χ1v) is 6.59. The second kappa shape index (κ2) is 5.21. The smallest absolute Gasteiger partial charge is 0.132 e. The molecule has 0 aliphatic heterocycles. The van der Waals surface area contributed by atoms with Crippen LogP contribution in [0.1, 0.15) is 29.2 Å². The van der Waals surface area contributed by atoms with Crippen LogP contribution in [-0.2, 0) is 13.0 Å². The molecular formula is C16H15F2NO. The van der Waals surface area contributed by atoms with Gasteiger partial charge < -0.3 is 10.5 Å². The van der Waals surface area contributed by atoms with Gasteiger partial charge in [-0.3, -0.25) is 0 Å². The van der Waals surface area contributed by atoms with E-state index in [0.29, 0.717) is 5.75 Å². The predicted octanol–water partition coefficient (Wildman–Crippen LogP) is 3.49. The van der Waals surface area contributed by atoms with E-state index in [1.165, 1.54) is 18.2 Å². The van der Waals surface area contributed by atoms with Gasteiger partial charge in [0, 0.05) is 6.04 Å². The molecule has 0 amide bonds. The highest BCUT2D eigenvalue weighted by Gasteiger charge is 2.19. The van der Waals surface area contributed by atoms with Crippen molar-refractivity contribution in [3.05, 3.63) is 64.7 Å². The van der Waals surface area contributed by atoms with Gasteiger partial charge in [0.1, 0.15) is 24.0 Å². The molecule has 0 spiro atoms. The molecule has 0 saturated heterocycles. The van der Waals surface area contributed by atoms with E-state index in [1.54, 1.807) is 6.07 Å². The van der Waals surface area contributed by atoms with Crippen LogP contribution < -0.4 is 10.5 Å². The van der Waals surface area contributed by atoms with Gasteiger partial charge in [0.2, 0.25) is 0 Å². The molecule has 2 aromatic carbocycles. The Bertz CT molecular complexity index is 622. The second-order valence-corrected chi connectivity index (χ2v) is 4.99. The summed E-state index contributed by atoms with van der Waals surface area (Å²) in [6.07, 6.45) is 1.85. The standard InChI is InChI=1S/C16H15F2NO/c17-14-2-1-3-15(18)13(14)9-20-11-5-6-12-10(8-11)4-7-16(12)19/h1-3,5-6,8,16H,4,7,9,19H2. The number of rotatable bonds is 3. The highest BCUT2D eigenvalue weighted by atomic mass is 19.1. The third kappa shape index (κ3) is 2.39. The molecule has 2 N–H and O–H groups in total. The number of benzene rings is 2. The van der Waals surface area contributed by atoms with Gasteiger partial charge in [-0.05, 0) is 48.2 Å². The molecule has 1 atom stereocenters. The minimum Gasteiger partial charge on any atom is -0.489 e. The van der Waals surface area contributed by atoms with Crippen LogP contribution >= 0.6 is 0 Å². The third-order valence-electron chi connectivity index (χ3n) is 3.68. The molecule has 1 aliphatic carbocycles. The summed E-state index contributed by atoms with van der Waals surface area (Å²) >= 11 is 0. The molecule has 1 aliphatic rings. The number of ether oxygens (including phenoxy) is 1. The number of halogens is 2. The van der Waals surface area contributed by atoms with Crippen molar-refractivity contribution in [1.29, 1.82) is 0 Å². The SMILES string of the molecule is NC1CCc2cc(OCc3c(F)cccc3F)ccc21. The first-order chi connectivity index (χ1) is 9.65. The molecule has 2 aromatic rings. The molecule has 3 rings (SSSR count). The van der Waals surface area contributed by atoms with Crippen LogP contribution in [0.15, 0.2) is 36.4 Å². The maximum absolute atomic E-state index is 13.5. The predicted molar refractivity (Wildman–Crippen MR) is 72.4 cm³/mol. The van der Waals surface area contributed by atoms with Crippen molar-refractivity contribution in [3.63, 3.8) is 0 Å². The van der Waals surface area contributed by atoms with Gasteiger partial charge in [0.15, 0.2) is 0 Å². The van der Waals surface area contributed by atoms with Crippen LogP contribution in [0.5, 0.6) is 5.75 Å². The van der Waals surface area contributed by atoms with Gasteiger partial charge in [-0.2, -0.15) is 0 Å². The van der Waals surface area contributed by atoms with E-state index in [9.17, 15) is 8.78 Å². The van der Waals surface area contributed by atoms with E-state index in [-0.39, 0.29) is 18.2 Å².